The first-order chi connectivity index (χ1) is 10.4. The van der Waals surface area contributed by atoms with Gasteiger partial charge in [-0.15, -0.1) is 0 Å². The van der Waals surface area contributed by atoms with Gasteiger partial charge in [-0.25, -0.2) is 0 Å². The molecule has 0 aromatic heterocycles. The van der Waals surface area contributed by atoms with Crippen molar-refractivity contribution in [3.63, 3.8) is 0 Å². The summed E-state index contributed by atoms with van der Waals surface area (Å²) in [5, 5.41) is 9.91. The fourth-order valence-electron chi connectivity index (χ4n) is 2.42. The summed E-state index contributed by atoms with van der Waals surface area (Å²) in [4.78, 5) is 11.5. The van der Waals surface area contributed by atoms with E-state index in [0.29, 0.717) is 22.1 Å². The quantitative estimate of drug-likeness (QED) is 0.780. The number of halogens is 3. The number of carboxylic acids is 1. The molecule has 0 radical (unpaired) electrons. The van der Waals surface area contributed by atoms with Crippen LogP contribution in [0.15, 0.2) is 48.5 Å². The highest BCUT2D eigenvalue weighted by Crippen LogP contribution is 2.65. The maximum atomic E-state index is 11.5. The van der Waals surface area contributed by atoms with Crippen LogP contribution in [0.25, 0.3) is 0 Å². The van der Waals surface area contributed by atoms with Crippen molar-refractivity contribution in [3.05, 3.63) is 59.1 Å². The van der Waals surface area contributed by atoms with E-state index in [0.717, 1.165) is 0 Å². The van der Waals surface area contributed by atoms with Crippen molar-refractivity contribution in [2.75, 3.05) is 0 Å². The molecule has 0 saturated heterocycles. The Morgan fingerprint density at radius 2 is 1.68 bits per heavy atom. The molecule has 1 saturated carbocycles. The lowest BCUT2D eigenvalue weighted by molar-refractivity contribution is -0.140. The van der Waals surface area contributed by atoms with Gasteiger partial charge in [0.1, 0.15) is 21.2 Å². The van der Waals surface area contributed by atoms with Gasteiger partial charge in [0.15, 0.2) is 0 Å². The number of alkyl halides is 2. The molecule has 114 valence electrons. The topological polar surface area (TPSA) is 46.5 Å². The number of carbonyl (C=O) groups is 1. The maximum absolute atomic E-state index is 11.5. The minimum Gasteiger partial charge on any atom is -0.480 e. The smallest absolute Gasteiger partial charge is 0.317 e. The second-order valence-corrected chi connectivity index (χ2v) is 7.04. The summed E-state index contributed by atoms with van der Waals surface area (Å²) in [6.07, 6.45) is 0.184. The molecule has 6 heteroatoms. The summed E-state index contributed by atoms with van der Waals surface area (Å²) < 4.78 is 4.39. The normalized spacial score (nSPS) is 22.1. The lowest BCUT2D eigenvalue weighted by Gasteiger charge is -2.14. The molecule has 22 heavy (non-hydrogen) atoms. The van der Waals surface area contributed by atoms with Gasteiger partial charge in [0.2, 0.25) is 0 Å². The SMILES string of the molecule is O=C(O)C1(c2ccc(Oc3ccccc3Cl)cc2)CC1(Cl)Cl. The molecule has 3 rings (SSSR count). The van der Waals surface area contributed by atoms with Crippen molar-refractivity contribution in [2.24, 2.45) is 0 Å². The molecule has 1 atom stereocenters. The lowest BCUT2D eigenvalue weighted by atomic mass is 9.96. The van der Waals surface area contributed by atoms with E-state index < -0.39 is 15.7 Å². The molecule has 2 aromatic rings. The Hall–Kier alpha value is -1.42. The Kier molecular flexibility index (Phi) is 3.76. The fraction of sp³-hybridized carbons (Fsp3) is 0.188. The number of rotatable bonds is 4. The van der Waals surface area contributed by atoms with Crippen molar-refractivity contribution >= 4 is 40.8 Å². The second-order valence-electron chi connectivity index (χ2n) is 5.15. The Morgan fingerprint density at radius 1 is 1.09 bits per heavy atom. The monoisotopic (exact) mass is 356 g/mol. The Morgan fingerprint density at radius 3 is 2.18 bits per heavy atom. The zero-order valence-corrected chi connectivity index (χ0v) is 13.5. The van der Waals surface area contributed by atoms with E-state index in [1.165, 1.54) is 0 Å². The van der Waals surface area contributed by atoms with Crippen molar-refractivity contribution in [3.8, 4) is 11.5 Å². The summed E-state index contributed by atoms with van der Waals surface area (Å²) >= 11 is 18.1. The van der Waals surface area contributed by atoms with Crippen molar-refractivity contribution in [2.45, 2.75) is 16.2 Å². The minimum absolute atomic E-state index is 0.184. The molecule has 2 aromatic carbocycles. The molecule has 0 bridgehead atoms. The van der Waals surface area contributed by atoms with Crippen LogP contribution in [0, 0.1) is 0 Å². The van der Waals surface area contributed by atoms with E-state index in [-0.39, 0.29) is 6.42 Å². The minimum atomic E-state index is -1.27. The van der Waals surface area contributed by atoms with Crippen molar-refractivity contribution in [1.82, 2.24) is 0 Å². The van der Waals surface area contributed by atoms with E-state index in [1.807, 2.05) is 12.1 Å². The first-order valence-corrected chi connectivity index (χ1v) is 7.64. The molecular weight excluding hydrogens is 347 g/mol. The van der Waals surface area contributed by atoms with Gasteiger partial charge in [-0.05, 0) is 29.8 Å². The van der Waals surface area contributed by atoms with Crippen LogP contribution >= 0.6 is 34.8 Å². The number of hydrogen-bond donors (Lipinski definition) is 1. The van der Waals surface area contributed by atoms with Gasteiger partial charge >= 0.3 is 5.97 Å². The standard InChI is InChI=1S/C16H11Cl3O3/c17-12-3-1-2-4-13(12)22-11-7-5-10(6-8-11)15(14(20)21)9-16(15,18)19/h1-8H,9H2,(H,20,21). The summed E-state index contributed by atoms with van der Waals surface area (Å²) in [7, 11) is 0. The van der Waals surface area contributed by atoms with Gasteiger partial charge < -0.3 is 9.84 Å². The number of aliphatic carboxylic acids is 1. The number of benzene rings is 2. The fourth-order valence-corrected chi connectivity index (χ4v) is 3.37. The molecule has 1 unspecified atom stereocenters. The van der Waals surface area contributed by atoms with Gasteiger partial charge in [0.05, 0.1) is 5.02 Å². The second kappa shape index (κ2) is 5.34. The number of hydrogen-bond acceptors (Lipinski definition) is 2. The van der Waals surface area contributed by atoms with Crippen LogP contribution in [-0.4, -0.2) is 15.4 Å². The lowest BCUT2D eigenvalue weighted by Crippen LogP contribution is -2.26. The predicted molar refractivity (Wildman–Crippen MR) is 86.3 cm³/mol. The van der Waals surface area contributed by atoms with Crippen LogP contribution in [0.3, 0.4) is 0 Å². The van der Waals surface area contributed by atoms with Crippen LogP contribution in [0.4, 0.5) is 0 Å². The molecule has 1 aliphatic rings. The number of para-hydroxylation sites is 1. The molecular formula is C16H11Cl3O3. The number of ether oxygens (including phenoxy) is 1. The van der Waals surface area contributed by atoms with E-state index in [9.17, 15) is 9.90 Å². The van der Waals surface area contributed by atoms with E-state index in [4.69, 9.17) is 39.5 Å². The highest BCUT2D eigenvalue weighted by atomic mass is 35.5. The molecule has 1 aliphatic carbocycles. The third-order valence-corrected chi connectivity index (χ3v) is 4.99. The highest BCUT2D eigenvalue weighted by molar-refractivity contribution is 6.54. The van der Waals surface area contributed by atoms with Gasteiger partial charge in [-0.2, -0.15) is 0 Å². The third kappa shape index (κ3) is 2.43. The molecule has 0 spiro atoms. The van der Waals surface area contributed by atoms with Crippen LogP contribution < -0.4 is 4.74 Å². The van der Waals surface area contributed by atoms with E-state index >= 15 is 0 Å². The zero-order chi connectivity index (χ0) is 16.0. The average Bonchev–Trinajstić information content (AvgIpc) is 3.07. The van der Waals surface area contributed by atoms with Crippen molar-refractivity contribution < 1.29 is 14.6 Å². The summed E-state index contributed by atoms with van der Waals surface area (Å²) in [6, 6.07) is 13.8. The van der Waals surface area contributed by atoms with Crippen LogP contribution in [0.1, 0.15) is 12.0 Å². The molecule has 0 heterocycles. The largest absolute Gasteiger partial charge is 0.480 e. The molecule has 3 nitrogen and oxygen atoms in total. The predicted octanol–water partition coefficient (Wildman–Crippen LogP) is 5.03. The zero-order valence-electron chi connectivity index (χ0n) is 11.2. The Balaban J connectivity index is 1.85. The van der Waals surface area contributed by atoms with Gasteiger partial charge in [0, 0.05) is 6.42 Å². The van der Waals surface area contributed by atoms with Crippen molar-refractivity contribution in [1.29, 1.82) is 0 Å². The van der Waals surface area contributed by atoms with Gasteiger partial charge in [-0.3, -0.25) is 4.79 Å². The van der Waals surface area contributed by atoms with Gasteiger partial charge in [0.25, 0.3) is 0 Å². The van der Waals surface area contributed by atoms with Crippen LogP contribution in [0.5, 0.6) is 11.5 Å². The van der Waals surface area contributed by atoms with Crippen LogP contribution in [-0.2, 0) is 10.2 Å². The highest BCUT2D eigenvalue weighted by Gasteiger charge is 2.72. The summed E-state index contributed by atoms with van der Waals surface area (Å²) in [5.74, 6) is 0.0466. The first-order valence-electron chi connectivity index (χ1n) is 6.51. The molecule has 0 aliphatic heterocycles. The maximum Gasteiger partial charge on any atom is 0.317 e. The Bertz CT molecular complexity index is 728. The third-order valence-electron chi connectivity index (χ3n) is 3.76. The van der Waals surface area contributed by atoms with Gasteiger partial charge in [-0.1, -0.05) is 59.1 Å². The average molecular weight is 358 g/mol. The van der Waals surface area contributed by atoms with E-state index in [1.54, 1.807) is 36.4 Å². The Labute approximate surface area is 142 Å². The first kappa shape index (κ1) is 15.5. The summed E-state index contributed by atoms with van der Waals surface area (Å²) in [5.41, 5.74) is -0.699. The molecule has 1 fully saturated rings. The summed E-state index contributed by atoms with van der Waals surface area (Å²) in [6.45, 7) is 0. The van der Waals surface area contributed by atoms with E-state index in [2.05, 4.69) is 0 Å². The molecule has 1 N–H and O–H groups in total. The number of carboxylic acid groups (broad SMARTS) is 1. The molecule has 0 amide bonds. The van der Waals surface area contributed by atoms with Crippen LogP contribution in [0.2, 0.25) is 5.02 Å².